The van der Waals surface area contributed by atoms with Gasteiger partial charge in [0, 0.05) is 18.8 Å². The molecule has 1 aromatic heterocycles. The molecule has 0 bridgehead atoms. The molecule has 1 atom stereocenters. The summed E-state index contributed by atoms with van der Waals surface area (Å²) in [6.07, 6.45) is 5.99. The molecule has 5 nitrogen and oxygen atoms in total. The van der Waals surface area contributed by atoms with Gasteiger partial charge in [-0.05, 0) is 52.0 Å². The van der Waals surface area contributed by atoms with Crippen LogP contribution in [-0.4, -0.2) is 35.1 Å². The van der Waals surface area contributed by atoms with Crippen molar-refractivity contribution < 1.29 is 9.53 Å². The van der Waals surface area contributed by atoms with Gasteiger partial charge in [0.1, 0.15) is 11.5 Å². The van der Waals surface area contributed by atoms with Gasteiger partial charge in [-0.15, -0.1) is 0 Å². The predicted molar refractivity (Wildman–Crippen MR) is 76.7 cm³/mol. The number of aryl methyl sites for hydroxylation is 2. The lowest BCUT2D eigenvalue weighted by Crippen LogP contribution is -2.26. The average molecular weight is 277 g/mol. The number of aromatic nitrogens is 2. The Hall–Kier alpha value is -1.49. The molecule has 1 saturated heterocycles. The summed E-state index contributed by atoms with van der Waals surface area (Å²) in [5, 5.41) is 2.91. The predicted octanol–water partition coefficient (Wildman–Crippen LogP) is 2.17. The van der Waals surface area contributed by atoms with Gasteiger partial charge in [0.2, 0.25) is 0 Å². The highest BCUT2D eigenvalue weighted by atomic mass is 16.5. The second-order valence-corrected chi connectivity index (χ2v) is 5.33. The van der Waals surface area contributed by atoms with Gasteiger partial charge in [-0.1, -0.05) is 0 Å². The van der Waals surface area contributed by atoms with Crippen LogP contribution in [0.1, 0.15) is 54.1 Å². The van der Waals surface area contributed by atoms with Crippen LogP contribution in [0.5, 0.6) is 0 Å². The van der Waals surface area contributed by atoms with Crippen LogP contribution in [0.25, 0.3) is 0 Å². The van der Waals surface area contributed by atoms with Crippen LogP contribution in [0, 0.1) is 13.8 Å². The first-order valence-electron chi connectivity index (χ1n) is 7.37. The van der Waals surface area contributed by atoms with E-state index in [2.05, 4.69) is 15.3 Å². The monoisotopic (exact) mass is 277 g/mol. The van der Waals surface area contributed by atoms with Crippen molar-refractivity contribution in [2.45, 2.75) is 52.1 Å². The minimum Gasteiger partial charge on any atom is -0.378 e. The number of amides is 1. The Bertz CT molecular complexity index is 436. The van der Waals surface area contributed by atoms with Crippen molar-refractivity contribution in [2.24, 2.45) is 0 Å². The Morgan fingerprint density at radius 1 is 1.40 bits per heavy atom. The number of carbonyl (C=O) groups is 1. The number of carbonyl (C=O) groups excluding carboxylic acids is 1. The fraction of sp³-hybridized carbons (Fsp3) is 0.667. The molecule has 1 aromatic rings. The van der Waals surface area contributed by atoms with Crippen LogP contribution in [0.3, 0.4) is 0 Å². The van der Waals surface area contributed by atoms with Crippen molar-refractivity contribution in [3.63, 3.8) is 0 Å². The minimum atomic E-state index is -0.115. The van der Waals surface area contributed by atoms with E-state index in [4.69, 9.17) is 4.74 Å². The Kier molecular flexibility index (Phi) is 5.47. The lowest BCUT2D eigenvalue weighted by atomic mass is 10.1. The summed E-state index contributed by atoms with van der Waals surface area (Å²) in [6.45, 7) is 5.26. The number of hydrogen-bond acceptors (Lipinski definition) is 4. The maximum Gasteiger partial charge on any atom is 0.270 e. The van der Waals surface area contributed by atoms with E-state index < -0.39 is 0 Å². The van der Waals surface area contributed by atoms with E-state index in [1.165, 1.54) is 12.8 Å². The van der Waals surface area contributed by atoms with Gasteiger partial charge in [0.05, 0.1) is 6.10 Å². The van der Waals surface area contributed by atoms with Gasteiger partial charge in [-0.2, -0.15) is 0 Å². The highest BCUT2D eigenvalue weighted by molar-refractivity contribution is 5.92. The summed E-state index contributed by atoms with van der Waals surface area (Å²) < 4.78 is 5.57. The fourth-order valence-corrected chi connectivity index (χ4v) is 2.49. The molecular formula is C15H23N3O2. The molecule has 1 aliphatic heterocycles. The van der Waals surface area contributed by atoms with Gasteiger partial charge >= 0.3 is 0 Å². The molecule has 0 aromatic carbocycles. The number of rotatable bonds is 6. The largest absolute Gasteiger partial charge is 0.378 e. The molecule has 1 aliphatic rings. The lowest BCUT2D eigenvalue weighted by molar-refractivity contribution is 0.0942. The Morgan fingerprint density at radius 3 is 2.95 bits per heavy atom. The smallest absolute Gasteiger partial charge is 0.270 e. The van der Waals surface area contributed by atoms with E-state index in [-0.39, 0.29) is 5.91 Å². The molecule has 110 valence electrons. The summed E-state index contributed by atoms with van der Waals surface area (Å²) in [5.74, 6) is 0.518. The quantitative estimate of drug-likeness (QED) is 0.809. The van der Waals surface area contributed by atoms with Crippen molar-refractivity contribution in [3.8, 4) is 0 Å². The van der Waals surface area contributed by atoms with Crippen LogP contribution in [0.4, 0.5) is 0 Å². The first kappa shape index (κ1) is 14.9. The third-order valence-corrected chi connectivity index (χ3v) is 3.46. The summed E-state index contributed by atoms with van der Waals surface area (Å²) in [6, 6.07) is 1.72. The van der Waals surface area contributed by atoms with Crippen molar-refractivity contribution in [3.05, 3.63) is 23.3 Å². The Balaban J connectivity index is 1.66. The van der Waals surface area contributed by atoms with Crippen LogP contribution >= 0.6 is 0 Å². The van der Waals surface area contributed by atoms with Gasteiger partial charge in [0.25, 0.3) is 5.91 Å². The highest BCUT2D eigenvalue weighted by Gasteiger charge is 2.14. The molecule has 20 heavy (non-hydrogen) atoms. The number of nitrogens with one attached hydrogen (secondary N) is 1. The molecule has 1 N–H and O–H groups in total. The van der Waals surface area contributed by atoms with Gasteiger partial charge < -0.3 is 10.1 Å². The first-order valence-corrected chi connectivity index (χ1v) is 7.37. The van der Waals surface area contributed by atoms with E-state index in [0.717, 1.165) is 31.6 Å². The Labute approximate surface area is 120 Å². The van der Waals surface area contributed by atoms with Crippen LogP contribution in [0.2, 0.25) is 0 Å². The molecule has 0 unspecified atom stereocenters. The van der Waals surface area contributed by atoms with E-state index in [9.17, 15) is 4.79 Å². The zero-order valence-corrected chi connectivity index (χ0v) is 12.3. The summed E-state index contributed by atoms with van der Waals surface area (Å²) in [7, 11) is 0. The molecule has 2 heterocycles. The van der Waals surface area contributed by atoms with E-state index in [1.54, 1.807) is 13.0 Å². The molecule has 0 saturated carbocycles. The third-order valence-electron chi connectivity index (χ3n) is 3.46. The molecule has 0 radical (unpaired) electrons. The molecule has 1 amide bonds. The maximum atomic E-state index is 11.9. The van der Waals surface area contributed by atoms with E-state index in [1.807, 2.05) is 6.92 Å². The number of ether oxygens (including phenoxy) is 1. The second-order valence-electron chi connectivity index (χ2n) is 5.33. The SMILES string of the molecule is Cc1cc(C(=O)NCCCC[C@@H]2CCCO2)nc(C)n1. The molecular weight excluding hydrogens is 254 g/mol. The summed E-state index contributed by atoms with van der Waals surface area (Å²) >= 11 is 0. The van der Waals surface area contributed by atoms with Crippen molar-refractivity contribution in [1.82, 2.24) is 15.3 Å². The summed E-state index contributed by atoms with van der Waals surface area (Å²) in [5.41, 5.74) is 1.27. The van der Waals surface area contributed by atoms with Crippen LogP contribution in [-0.2, 0) is 4.74 Å². The van der Waals surface area contributed by atoms with Gasteiger partial charge in [-0.25, -0.2) is 9.97 Å². The maximum absolute atomic E-state index is 11.9. The van der Waals surface area contributed by atoms with Gasteiger partial charge in [-0.3, -0.25) is 4.79 Å². The topological polar surface area (TPSA) is 64.1 Å². The normalized spacial score (nSPS) is 18.2. The first-order chi connectivity index (χ1) is 9.65. The van der Waals surface area contributed by atoms with Gasteiger partial charge in [0.15, 0.2) is 0 Å². The fourth-order valence-electron chi connectivity index (χ4n) is 2.49. The number of nitrogens with zero attached hydrogens (tertiary/aromatic N) is 2. The van der Waals surface area contributed by atoms with Crippen molar-refractivity contribution in [1.29, 1.82) is 0 Å². The minimum absolute atomic E-state index is 0.115. The number of hydrogen-bond donors (Lipinski definition) is 1. The van der Waals surface area contributed by atoms with Crippen molar-refractivity contribution >= 4 is 5.91 Å². The second kappa shape index (κ2) is 7.33. The third kappa shape index (κ3) is 4.56. The van der Waals surface area contributed by atoms with E-state index >= 15 is 0 Å². The number of unbranched alkanes of at least 4 members (excludes halogenated alkanes) is 1. The van der Waals surface area contributed by atoms with Crippen LogP contribution < -0.4 is 5.32 Å². The molecule has 0 spiro atoms. The average Bonchev–Trinajstić information content (AvgIpc) is 2.90. The van der Waals surface area contributed by atoms with E-state index in [0.29, 0.717) is 24.2 Å². The molecule has 1 fully saturated rings. The Morgan fingerprint density at radius 2 is 2.25 bits per heavy atom. The zero-order valence-electron chi connectivity index (χ0n) is 12.3. The molecule has 5 heteroatoms. The summed E-state index contributed by atoms with van der Waals surface area (Å²) in [4.78, 5) is 20.3. The zero-order chi connectivity index (χ0) is 14.4. The standard InChI is InChI=1S/C15H23N3O2/c1-11-10-14(18-12(2)17-11)15(19)16-8-4-3-6-13-7-5-9-20-13/h10,13H,3-9H2,1-2H3,(H,16,19)/t13-/m1/s1. The van der Waals surface area contributed by atoms with Crippen LogP contribution in [0.15, 0.2) is 6.07 Å². The highest BCUT2D eigenvalue weighted by Crippen LogP contribution is 2.17. The van der Waals surface area contributed by atoms with Crippen molar-refractivity contribution in [2.75, 3.05) is 13.2 Å². The lowest BCUT2D eigenvalue weighted by Gasteiger charge is -2.09. The molecule has 0 aliphatic carbocycles. The molecule has 2 rings (SSSR count).